The van der Waals surface area contributed by atoms with E-state index < -0.39 is 6.03 Å². The van der Waals surface area contributed by atoms with E-state index in [1.807, 2.05) is 6.07 Å². The van der Waals surface area contributed by atoms with E-state index in [2.05, 4.69) is 30.8 Å². The molecule has 0 saturated carbocycles. The molecule has 1 unspecified atom stereocenters. The number of nitrogens with one attached hydrogen (secondary N) is 3. The first-order chi connectivity index (χ1) is 11.6. The molecular weight excluding hydrogens is 311 g/mol. The van der Waals surface area contributed by atoms with E-state index in [1.54, 1.807) is 25.4 Å². The van der Waals surface area contributed by atoms with Crippen molar-refractivity contribution in [2.45, 2.75) is 13.0 Å². The lowest BCUT2D eigenvalue weighted by atomic mass is 10.3. The van der Waals surface area contributed by atoms with Crippen molar-refractivity contribution in [1.29, 1.82) is 0 Å². The van der Waals surface area contributed by atoms with Gasteiger partial charge in [-0.1, -0.05) is 0 Å². The Morgan fingerprint density at radius 2 is 2.04 bits per heavy atom. The number of carbonyl (C=O) groups excluding carboxylic acids is 1. The van der Waals surface area contributed by atoms with Crippen LogP contribution >= 0.6 is 0 Å². The number of benzene rings is 1. The van der Waals surface area contributed by atoms with E-state index in [4.69, 9.17) is 0 Å². The summed E-state index contributed by atoms with van der Waals surface area (Å²) in [5.74, 6) is 0.660. The molecule has 0 aliphatic rings. The average Bonchev–Trinajstić information content (AvgIpc) is 3.08. The Kier molecular flexibility index (Phi) is 4.46. The number of hydrogen-bond donors (Lipinski definition) is 3. The zero-order chi connectivity index (χ0) is 16.9. The van der Waals surface area contributed by atoms with Gasteiger partial charge in [0.25, 0.3) is 0 Å². The minimum atomic E-state index is -0.423. The number of amides is 2. The first kappa shape index (κ1) is 15.6. The molecule has 2 amide bonds. The normalized spacial score (nSPS) is 11.8. The Hall–Kier alpha value is -3.29. The number of aromatic amines is 1. The van der Waals surface area contributed by atoms with Gasteiger partial charge >= 0.3 is 6.03 Å². The number of urea groups is 1. The van der Waals surface area contributed by atoms with Gasteiger partial charge in [0.1, 0.15) is 11.6 Å². The molecule has 3 aromatic rings. The Labute approximate surface area is 137 Å². The van der Waals surface area contributed by atoms with Gasteiger partial charge in [0.05, 0.1) is 6.04 Å². The van der Waals surface area contributed by atoms with Crippen molar-refractivity contribution in [1.82, 2.24) is 25.5 Å². The van der Waals surface area contributed by atoms with Gasteiger partial charge in [-0.15, -0.1) is 0 Å². The number of halogens is 1. The number of carbonyl (C=O) groups is 1. The highest BCUT2D eigenvalue weighted by molar-refractivity contribution is 5.89. The Morgan fingerprint density at radius 3 is 2.75 bits per heavy atom. The van der Waals surface area contributed by atoms with Crippen molar-refractivity contribution in [2.24, 2.45) is 0 Å². The third-order valence-electron chi connectivity index (χ3n) is 3.28. The topological polar surface area (TPSA) is 95.6 Å². The Bertz CT molecular complexity index is 818. The zero-order valence-electron chi connectivity index (χ0n) is 12.8. The lowest BCUT2D eigenvalue weighted by Gasteiger charge is -2.12. The zero-order valence-corrected chi connectivity index (χ0v) is 12.8. The summed E-state index contributed by atoms with van der Waals surface area (Å²) in [5, 5.41) is 12.3. The summed E-state index contributed by atoms with van der Waals surface area (Å²) in [6.45, 7) is 1.78. The van der Waals surface area contributed by atoms with Gasteiger partial charge in [-0.25, -0.2) is 14.2 Å². The number of anilines is 1. The van der Waals surface area contributed by atoms with Crippen LogP contribution in [0.5, 0.6) is 0 Å². The molecule has 1 aromatic carbocycles. The molecule has 0 bridgehead atoms. The molecule has 7 nitrogen and oxygen atoms in total. The summed E-state index contributed by atoms with van der Waals surface area (Å²) in [7, 11) is 0. The number of H-pyrrole nitrogens is 1. The molecule has 3 rings (SSSR count). The largest absolute Gasteiger partial charge is 0.328 e. The third kappa shape index (κ3) is 3.72. The second-order valence-corrected chi connectivity index (χ2v) is 5.11. The van der Waals surface area contributed by atoms with Gasteiger partial charge in [-0.05, 0) is 43.3 Å². The van der Waals surface area contributed by atoms with Gasteiger partial charge in [0.15, 0.2) is 5.82 Å². The lowest BCUT2D eigenvalue weighted by Crippen LogP contribution is -2.31. The highest BCUT2D eigenvalue weighted by atomic mass is 19.1. The van der Waals surface area contributed by atoms with Crippen LogP contribution in [0.1, 0.15) is 18.8 Å². The molecule has 0 spiro atoms. The maximum Gasteiger partial charge on any atom is 0.319 e. The van der Waals surface area contributed by atoms with Crippen LogP contribution < -0.4 is 10.6 Å². The lowest BCUT2D eigenvalue weighted by molar-refractivity contribution is 0.249. The van der Waals surface area contributed by atoms with Gasteiger partial charge in [0, 0.05) is 23.6 Å². The minimum Gasteiger partial charge on any atom is -0.328 e. The number of rotatable bonds is 4. The van der Waals surface area contributed by atoms with Gasteiger partial charge in [-0.3, -0.25) is 10.1 Å². The molecule has 0 fully saturated rings. The summed E-state index contributed by atoms with van der Waals surface area (Å²) in [6, 6.07) is 8.34. The van der Waals surface area contributed by atoms with Crippen molar-refractivity contribution in [3.63, 3.8) is 0 Å². The van der Waals surface area contributed by atoms with E-state index >= 15 is 0 Å². The average molecular weight is 326 g/mol. The molecule has 2 aromatic heterocycles. The van der Waals surface area contributed by atoms with Crippen molar-refractivity contribution >= 4 is 11.7 Å². The molecule has 0 aliphatic carbocycles. The number of nitrogens with zero attached hydrogens (tertiary/aromatic N) is 3. The SMILES string of the molecule is CC(NC(=O)Nc1ccc(F)cc1)c1nc(-c2cccnc2)n[nH]1. The molecule has 3 N–H and O–H groups in total. The summed E-state index contributed by atoms with van der Waals surface area (Å²) < 4.78 is 12.8. The highest BCUT2D eigenvalue weighted by Crippen LogP contribution is 2.15. The monoisotopic (exact) mass is 326 g/mol. The second kappa shape index (κ2) is 6.86. The van der Waals surface area contributed by atoms with Crippen molar-refractivity contribution in [2.75, 3.05) is 5.32 Å². The van der Waals surface area contributed by atoms with Crippen LogP contribution in [0.3, 0.4) is 0 Å². The van der Waals surface area contributed by atoms with Crippen molar-refractivity contribution in [3.8, 4) is 11.4 Å². The van der Waals surface area contributed by atoms with Crippen LogP contribution in [0.2, 0.25) is 0 Å². The van der Waals surface area contributed by atoms with E-state index in [0.717, 1.165) is 5.56 Å². The summed E-state index contributed by atoms with van der Waals surface area (Å²) in [6.07, 6.45) is 3.33. The predicted octanol–water partition coefficient (Wildman–Crippen LogP) is 2.89. The van der Waals surface area contributed by atoms with E-state index in [9.17, 15) is 9.18 Å². The van der Waals surface area contributed by atoms with Crippen LogP contribution in [0.15, 0.2) is 48.8 Å². The van der Waals surface area contributed by atoms with Crippen LogP contribution in [-0.4, -0.2) is 26.2 Å². The predicted molar refractivity (Wildman–Crippen MR) is 86.6 cm³/mol. The highest BCUT2D eigenvalue weighted by Gasteiger charge is 2.14. The fourth-order valence-electron chi connectivity index (χ4n) is 2.06. The number of aromatic nitrogens is 4. The Morgan fingerprint density at radius 1 is 1.25 bits per heavy atom. The summed E-state index contributed by atoms with van der Waals surface area (Å²) in [4.78, 5) is 20.3. The first-order valence-electron chi connectivity index (χ1n) is 7.27. The van der Waals surface area contributed by atoms with Crippen LogP contribution in [-0.2, 0) is 0 Å². The van der Waals surface area contributed by atoms with E-state index in [0.29, 0.717) is 17.3 Å². The molecule has 24 heavy (non-hydrogen) atoms. The minimum absolute atomic E-state index is 0.362. The number of pyridine rings is 1. The van der Waals surface area contributed by atoms with Crippen LogP contribution in [0.4, 0.5) is 14.9 Å². The molecular formula is C16H15FN6O. The summed E-state index contributed by atoms with van der Waals surface area (Å²) >= 11 is 0. The van der Waals surface area contributed by atoms with Gasteiger partial charge < -0.3 is 10.6 Å². The van der Waals surface area contributed by atoms with E-state index in [1.165, 1.54) is 24.3 Å². The maximum atomic E-state index is 12.8. The smallest absolute Gasteiger partial charge is 0.319 e. The molecule has 0 saturated heterocycles. The molecule has 0 aliphatic heterocycles. The summed E-state index contributed by atoms with van der Waals surface area (Å²) in [5.41, 5.74) is 1.28. The van der Waals surface area contributed by atoms with Crippen LogP contribution in [0.25, 0.3) is 11.4 Å². The Balaban J connectivity index is 1.62. The molecule has 0 radical (unpaired) electrons. The van der Waals surface area contributed by atoms with Gasteiger partial charge in [-0.2, -0.15) is 5.10 Å². The van der Waals surface area contributed by atoms with Crippen molar-refractivity contribution in [3.05, 3.63) is 60.4 Å². The number of hydrogen-bond acceptors (Lipinski definition) is 4. The third-order valence-corrected chi connectivity index (χ3v) is 3.28. The fourth-order valence-corrected chi connectivity index (χ4v) is 2.06. The van der Waals surface area contributed by atoms with E-state index in [-0.39, 0.29) is 11.9 Å². The first-order valence-corrected chi connectivity index (χ1v) is 7.27. The molecule has 122 valence electrons. The fraction of sp³-hybridized carbons (Fsp3) is 0.125. The maximum absolute atomic E-state index is 12.8. The molecule has 1 atom stereocenters. The quantitative estimate of drug-likeness (QED) is 0.687. The standard InChI is InChI=1S/C16H15FN6O/c1-10(19-16(24)20-13-6-4-12(17)5-7-13)14-21-15(23-22-14)11-3-2-8-18-9-11/h2-10H,1H3,(H2,19,20,24)(H,21,22,23). The molecule has 2 heterocycles. The van der Waals surface area contributed by atoms with Crippen molar-refractivity contribution < 1.29 is 9.18 Å². The van der Waals surface area contributed by atoms with Crippen LogP contribution in [0, 0.1) is 5.82 Å². The second-order valence-electron chi connectivity index (χ2n) is 5.11. The van der Waals surface area contributed by atoms with Gasteiger partial charge in [0.2, 0.25) is 0 Å². The molecule has 8 heteroatoms.